The van der Waals surface area contributed by atoms with Gasteiger partial charge in [0.1, 0.15) is 0 Å². The van der Waals surface area contributed by atoms with Crippen molar-refractivity contribution in [3.63, 3.8) is 0 Å². The number of aromatic nitrogens is 1. The lowest BCUT2D eigenvalue weighted by atomic mass is 10.2. The Hall–Kier alpha value is -1.68. The molecule has 1 atom stereocenters. The van der Waals surface area contributed by atoms with Crippen molar-refractivity contribution in [1.82, 2.24) is 4.98 Å². The Balaban J connectivity index is 2.18. The number of hydrogen-bond donors (Lipinski definition) is 0. The molecular formula is C13H12N2OS. The van der Waals surface area contributed by atoms with Crippen LogP contribution in [-0.2, 0) is 0 Å². The van der Waals surface area contributed by atoms with Crippen LogP contribution >= 0.6 is 11.8 Å². The van der Waals surface area contributed by atoms with Crippen LogP contribution in [0.5, 0.6) is 0 Å². The number of nitroso groups, excluding NO2 is 1. The van der Waals surface area contributed by atoms with Crippen LogP contribution in [-0.4, -0.2) is 4.98 Å². The highest BCUT2D eigenvalue weighted by Crippen LogP contribution is 2.38. The van der Waals surface area contributed by atoms with E-state index < -0.39 is 0 Å². The monoisotopic (exact) mass is 244 g/mol. The summed E-state index contributed by atoms with van der Waals surface area (Å²) >= 11 is 1.59. The second-order valence-electron chi connectivity index (χ2n) is 3.59. The molecule has 0 spiro atoms. The van der Waals surface area contributed by atoms with Crippen LogP contribution in [0.15, 0.2) is 58.7 Å². The molecule has 1 unspecified atom stereocenters. The minimum absolute atomic E-state index is 0.264. The molecule has 0 saturated heterocycles. The van der Waals surface area contributed by atoms with Crippen LogP contribution in [0.2, 0.25) is 0 Å². The highest BCUT2D eigenvalue weighted by Gasteiger charge is 2.10. The van der Waals surface area contributed by atoms with Gasteiger partial charge in [0.15, 0.2) is 0 Å². The van der Waals surface area contributed by atoms with Gasteiger partial charge in [-0.05, 0) is 29.8 Å². The summed E-state index contributed by atoms with van der Waals surface area (Å²) in [5.74, 6) is 0.264. The highest BCUT2D eigenvalue weighted by molar-refractivity contribution is 7.99. The van der Waals surface area contributed by atoms with Crippen molar-refractivity contribution >= 4 is 17.6 Å². The van der Waals surface area contributed by atoms with Crippen LogP contribution in [0.4, 0.5) is 5.82 Å². The summed E-state index contributed by atoms with van der Waals surface area (Å²) in [6, 6.07) is 13.8. The van der Waals surface area contributed by atoms with Crippen molar-refractivity contribution in [2.75, 3.05) is 0 Å². The van der Waals surface area contributed by atoms with Crippen LogP contribution in [0.1, 0.15) is 17.7 Å². The number of pyridine rings is 1. The molecule has 0 bridgehead atoms. The number of hydrogen-bond acceptors (Lipinski definition) is 4. The van der Waals surface area contributed by atoms with Gasteiger partial charge >= 0.3 is 0 Å². The van der Waals surface area contributed by atoms with Crippen molar-refractivity contribution in [2.45, 2.75) is 17.1 Å². The molecule has 0 fully saturated rings. The first kappa shape index (κ1) is 11.8. The molecule has 1 heterocycles. The summed E-state index contributed by atoms with van der Waals surface area (Å²) in [6.07, 6.45) is 1.58. The molecule has 0 saturated carbocycles. The van der Waals surface area contributed by atoms with Gasteiger partial charge in [0.05, 0.1) is 4.90 Å². The van der Waals surface area contributed by atoms with Gasteiger partial charge in [-0.3, -0.25) is 0 Å². The first-order chi connectivity index (χ1) is 8.31. The van der Waals surface area contributed by atoms with E-state index in [2.05, 4.69) is 29.2 Å². The third-order valence-electron chi connectivity index (χ3n) is 2.41. The van der Waals surface area contributed by atoms with E-state index in [0.717, 1.165) is 4.90 Å². The highest BCUT2D eigenvalue weighted by atomic mass is 32.2. The van der Waals surface area contributed by atoms with Crippen LogP contribution < -0.4 is 0 Å². The molecule has 2 aromatic rings. The molecule has 0 amide bonds. The fourth-order valence-corrected chi connectivity index (χ4v) is 2.55. The number of nitrogens with zero attached hydrogens (tertiary/aromatic N) is 2. The van der Waals surface area contributed by atoms with E-state index in [1.165, 1.54) is 5.56 Å². The van der Waals surface area contributed by atoms with Crippen molar-refractivity contribution in [3.8, 4) is 0 Å². The fourth-order valence-electron chi connectivity index (χ4n) is 1.53. The molecule has 4 heteroatoms. The molecule has 1 aromatic carbocycles. The maximum atomic E-state index is 10.6. The molecular weight excluding hydrogens is 232 g/mol. The minimum atomic E-state index is 0.264. The predicted molar refractivity (Wildman–Crippen MR) is 70.4 cm³/mol. The van der Waals surface area contributed by atoms with Crippen molar-refractivity contribution in [2.24, 2.45) is 5.18 Å². The molecule has 0 aliphatic rings. The maximum Gasteiger partial charge on any atom is 0.210 e. The van der Waals surface area contributed by atoms with Gasteiger partial charge < -0.3 is 0 Å². The summed E-state index contributed by atoms with van der Waals surface area (Å²) in [5.41, 5.74) is 1.22. The van der Waals surface area contributed by atoms with Gasteiger partial charge in [0.25, 0.3) is 0 Å². The maximum absolute atomic E-state index is 10.6. The predicted octanol–water partition coefficient (Wildman–Crippen LogP) is 4.33. The molecule has 3 nitrogen and oxygen atoms in total. The smallest absolute Gasteiger partial charge is 0.210 e. The molecule has 2 rings (SSSR count). The zero-order valence-corrected chi connectivity index (χ0v) is 10.2. The summed E-state index contributed by atoms with van der Waals surface area (Å²) in [5, 5.41) is 3.20. The Kier molecular flexibility index (Phi) is 3.88. The SMILES string of the molecule is CC(Sc1cccnc1N=O)c1ccccc1. The average molecular weight is 244 g/mol. The molecule has 0 radical (unpaired) electrons. The molecule has 0 aliphatic heterocycles. The first-order valence-corrected chi connectivity index (χ1v) is 6.19. The van der Waals surface area contributed by atoms with E-state index >= 15 is 0 Å². The Morgan fingerprint density at radius 1 is 1.18 bits per heavy atom. The Bertz CT molecular complexity index is 502. The molecule has 86 valence electrons. The van der Waals surface area contributed by atoms with E-state index in [-0.39, 0.29) is 11.1 Å². The summed E-state index contributed by atoms with van der Waals surface area (Å²) in [7, 11) is 0. The van der Waals surface area contributed by atoms with E-state index in [0.29, 0.717) is 0 Å². The van der Waals surface area contributed by atoms with Gasteiger partial charge in [-0.25, -0.2) is 4.98 Å². The lowest BCUT2D eigenvalue weighted by Crippen LogP contribution is -1.88. The quantitative estimate of drug-likeness (QED) is 0.593. The van der Waals surface area contributed by atoms with Crippen molar-refractivity contribution < 1.29 is 0 Å². The zero-order chi connectivity index (χ0) is 12.1. The normalized spacial score (nSPS) is 12.1. The van der Waals surface area contributed by atoms with Gasteiger partial charge in [-0.15, -0.1) is 16.7 Å². The lowest BCUT2D eigenvalue weighted by Gasteiger charge is -2.11. The van der Waals surface area contributed by atoms with Gasteiger partial charge in [0, 0.05) is 11.4 Å². The molecule has 1 aromatic heterocycles. The minimum Gasteiger partial charge on any atom is -0.233 e. The Morgan fingerprint density at radius 3 is 2.65 bits per heavy atom. The molecule has 17 heavy (non-hydrogen) atoms. The van der Waals surface area contributed by atoms with Crippen LogP contribution in [0.3, 0.4) is 0 Å². The second kappa shape index (κ2) is 5.59. The summed E-state index contributed by atoms with van der Waals surface area (Å²) < 4.78 is 0. The van der Waals surface area contributed by atoms with E-state index in [4.69, 9.17) is 0 Å². The van der Waals surface area contributed by atoms with Crippen molar-refractivity contribution in [1.29, 1.82) is 0 Å². The average Bonchev–Trinajstić information content (AvgIpc) is 2.40. The zero-order valence-electron chi connectivity index (χ0n) is 9.41. The summed E-state index contributed by atoms with van der Waals surface area (Å²) in [4.78, 5) is 15.4. The lowest BCUT2D eigenvalue weighted by molar-refractivity contribution is 1.09. The van der Waals surface area contributed by atoms with Crippen LogP contribution in [0.25, 0.3) is 0 Å². The summed E-state index contributed by atoms with van der Waals surface area (Å²) in [6.45, 7) is 2.10. The first-order valence-electron chi connectivity index (χ1n) is 5.31. The third kappa shape index (κ3) is 2.91. The number of benzene rings is 1. The van der Waals surface area contributed by atoms with Crippen LogP contribution in [0, 0.1) is 4.91 Å². The number of thioether (sulfide) groups is 1. The van der Waals surface area contributed by atoms with E-state index in [1.54, 1.807) is 18.0 Å². The standard InChI is InChI=1S/C13H12N2OS/c1-10(11-6-3-2-4-7-11)17-12-8-5-9-14-13(12)15-16/h2-10H,1H3. The number of rotatable bonds is 4. The Morgan fingerprint density at radius 2 is 1.94 bits per heavy atom. The topological polar surface area (TPSA) is 42.3 Å². The third-order valence-corrected chi connectivity index (χ3v) is 3.61. The van der Waals surface area contributed by atoms with Gasteiger partial charge in [-0.2, -0.15) is 0 Å². The fraction of sp³-hybridized carbons (Fsp3) is 0.154. The van der Waals surface area contributed by atoms with Gasteiger partial charge in [-0.1, -0.05) is 30.3 Å². The second-order valence-corrected chi connectivity index (χ2v) is 4.97. The Labute approximate surface area is 104 Å². The molecule has 0 N–H and O–H groups in total. The van der Waals surface area contributed by atoms with E-state index in [1.807, 2.05) is 30.3 Å². The van der Waals surface area contributed by atoms with Gasteiger partial charge in [0.2, 0.25) is 5.82 Å². The van der Waals surface area contributed by atoms with Crippen molar-refractivity contribution in [3.05, 3.63) is 59.1 Å². The van der Waals surface area contributed by atoms with E-state index in [9.17, 15) is 4.91 Å². The largest absolute Gasteiger partial charge is 0.233 e. The molecule has 0 aliphatic carbocycles.